The van der Waals surface area contributed by atoms with Gasteiger partial charge in [-0.3, -0.25) is 4.79 Å². The number of halogens is 1. The van der Waals surface area contributed by atoms with Crippen molar-refractivity contribution in [2.24, 2.45) is 0 Å². The van der Waals surface area contributed by atoms with Gasteiger partial charge in [0.05, 0.1) is 0 Å². The van der Waals surface area contributed by atoms with Crippen LogP contribution in [0.15, 0.2) is 0 Å². The highest BCUT2D eigenvalue weighted by atomic mass is 35.5. The molecule has 1 fully saturated rings. The average molecular weight is 286 g/mol. The molecule has 0 aromatic heterocycles. The normalized spacial score (nSPS) is 25.2. The maximum atomic E-state index is 11.8. The number of nitrogens with zero attached hydrogens (tertiary/aromatic N) is 1. The maximum absolute atomic E-state index is 11.8. The van der Waals surface area contributed by atoms with E-state index < -0.39 is 15.8 Å². The molecule has 2 atom stereocenters. The molecule has 0 spiro atoms. The lowest BCUT2D eigenvalue weighted by atomic mass is 10.1. The van der Waals surface area contributed by atoms with Gasteiger partial charge in [0.2, 0.25) is 15.9 Å². The topological polar surface area (TPSA) is 78.5 Å². The molecular weight excluding hydrogens is 266 g/mol. The van der Waals surface area contributed by atoms with E-state index in [2.05, 4.69) is 10.0 Å². The molecule has 0 saturated carbocycles. The second-order valence-corrected chi connectivity index (χ2v) is 5.96. The fourth-order valence-corrected chi connectivity index (χ4v) is 2.36. The molecule has 0 radical (unpaired) electrons. The third kappa shape index (κ3) is 4.42. The van der Waals surface area contributed by atoms with Gasteiger partial charge in [-0.05, 0) is 20.9 Å². The van der Waals surface area contributed by atoms with Gasteiger partial charge in [0.1, 0.15) is 5.75 Å². The molecule has 0 aromatic rings. The zero-order chi connectivity index (χ0) is 12.3. The molecule has 1 aliphatic heterocycles. The Hall–Kier alpha value is -0.370. The van der Waals surface area contributed by atoms with Crippen LogP contribution in [0.25, 0.3) is 0 Å². The first kappa shape index (κ1) is 16.6. The number of amides is 1. The van der Waals surface area contributed by atoms with Gasteiger partial charge in [0, 0.05) is 25.2 Å². The smallest absolute Gasteiger partial charge is 0.239 e. The van der Waals surface area contributed by atoms with E-state index in [1.165, 1.54) is 7.05 Å². The number of hydrogen-bond acceptors (Lipinski definition) is 4. The Morgan fingerprint density at radius 3 is 2.59 bits per heavy atom. The SMILES string of the molecule is CNS(=O)(=O)CC(=O)N1CCNC(C)C1C.Cl. The number of carbonyl (C=O) groups is 1. The summed E-state index contributed by atoms with van der Waals surface area (Å²) in [5.41, 5.74) is 0. The summed E-state index contributed by atoms with van der Waals surface area (Å²) in [4.78, 5) is 13.4. The van der Waals surface area contributed by atoms with Gasteiger partial charge in [0.25, 0.3) is 0 Å². The van der Waals surface area contributed by atoms with E-state index in [1.807, 2.05) is 13.8 Å². The Labute approximate surface area is 109 Å². The first-order valence-corrected chi connectivity index (χ1v) is 6.96. The third-order valence-electron chi connectivity index (χ3n) is 2.98. The Morgan fingerprint density at radius 2 is 2.06 bits per heavy atom. The number of rotatable bonds is 3. The summed E-state index contributed by atoms with van der Waals surface area (Å²) in [6.45, 7) is 5.16. The van der Waals surface area contributed by atoms with Crippen LogP contribution in [-0.4, -0.2) is 57.2 Å². The zero-order valence-electron chi connectivity index (χ0n) is 10.3. The van der Waals surface area contributed by atoms with Crippen LogP contribution in [0.1, 0.15) is 13.8 Å². The summed E-state index contributed by atoms with van der Waals surface area (Å²) in [6, 6.07) is 0.211. The van der Waals surface area contributed by atoms with Gasteiger partial charge in [-0.1, -0.05) is 0 Å². The first-order chi connectivity index (χ1) is 7.37. The zero-order valence-corrected chi connectivity index (χ0v) is 11.9. The van der Waals surface area contributed by atoms with Crippen LogP contribution in [0.4, 0.5) is 0 Å². The fraction of sp³-hybridized carbons (Fsp3) is 0.889. The third-order valence-corrected chi connectivity index (χ3v) is 4.23. The van der Waals surface area contributed by atoms with Crippen molar-refractivity contribution in [2.75, 3.05) is 25.9 Å². The maximum Gasteiger partial charge on any atom is 0.239 e. The number of piperazine rings is 1. The molecule has 0 aliphatic carbocycles. The molecule has 1 heterocycles. The fourth-order valence-electron chi connectivity index (χ4n) is 1.73. The summed E-state index contributed by atoms with van der Waals surface area (Å²) >= 11 is 0. The van der Waals surface area contributed by atoms with Gasteiger partial charge < -0.3 is 10.2 Å². The number of nitrogens with one attached hydrogen (secondary N) is 2. The summed E-state index contributed by atoms with van der Waals surface area (Å²) in [5, 5.41) is 3.23. The van der Waals surface area contributed by atoms with E-state index >= 15 is 0 Å². The number of carbonyl (C=O) groups excluding carboxylic acids is 1. The van der Waals surface area contributed by atoms with E-state index in [9.17, 15) is 13.2 Å². The van der Waals surface area contributed by atoms with Crippen molar-refractivity contribution in [1.29, 1.82) is 0 Å². The Bertz CT molecular complexity index is 360. The lowest BCUT2D eigenvalue weighted by molar-refractivity contribution is -0.132. The number of hydrogen-bond donors (Lipinski definition) is 2. The monoisotopic (exact) mass is 285 g/mol. The van der Waals surface area contributed by atoms with E-state index in [0.717, 1.165) is 0 Å². The second kappa shape index (κ2) is 6.53. The molecule has 1 aliphatic rings. The molecule has 0 aromatic carbocycles. The molecule has 8 heteroatoms. The predicted octanol–water partition coefficient (Wildman–Crippen LogP) is -0.834. The van der Waals surface area contributed by atoms with Gasteiger partial charge in [-0.2, -0.15) is 0 Å². The Kier molecular flexibility index (Phi) is 6.39. The van der Waals surface area contributed by atoms with Crippen LogP contribution in [-0.2, 0) is 14.8 Å². The van der Waals surface area contributed by atoms with Crippen LogP contribution in [0.3, 0.4) is 0 Å². The first-order valence-electron chi connectivity index (χ1n) is 5.31. The van der Waals surface area contributed by atoms with Gasteiger partial charge in [-0.25, -0.2) is 13.1 Å². The summed E-state index contributed by atoms with van der Waals surface area (Å²) in [6.07, 6.45) is 0. The van der Waals surface area contributed by atoms with Crippen LogP contribution < -0.4 is 10.0 Å². The quantitative estimate of drug-likeness (QED) is 0.709. The Morgan fingerprint density at radius 1 is 1.47 bits per heavy atom. The largest absolute Gasteiger partial charge is 0.336 e. The number of sulfonamides is 1. The van der Waals surface area contributed by atoms with Crippen LogP contribution >= 0.6 is 12.4 Å². The van der Waals surface area contributed by atoms with Gasteiger partial charge in [0.15, 0.2) is 0 Å². The molecule has 102 valence electrons. The molecular formula is C9H20ClN3O3S. The molecule has 1 saturated heterocycles. The molecule has 1 amide bonds. The molecule has 1 rings (SSSR count). The van der Waals surface area contributed by atoms with Crippen molar-refractivity contribution >= 4 is 28.3 Å². The van der Waals surface area contributed by atoms with E-state index in [0.29, 0.717) is 13.1 Å². The van der Waals surface area contributed by atoms with Crippen LogP contribution in [0.5, 0.6) is 0 Å². The summed E-state index contributed by atoms with van der Waals surface area (Å²) < 4.78 is 24.7. The van der Waals surface area contributed by atoms with Gasteiger partial charge >= 0.3 is 0 Å². The Balaban J connectivity index is 0.00000256. The lowest BCUT2D eigenvalue weighted by Crippen LogP contribution is -2.58. The van der Waals surface area contributed by atoms with Crippen molar-refractivity contribution in [1.82, 2.24) is 14.9 Å². The van der Waals surface area contributed by atoms with E-state index in [-0.39, 0.29) is 30.4 Å². The molecule has 2 unspecified atom stereocenters. The van der Waals surface area contributed by atoms with E-state index in [1.54, 1.807) is 4.90 Å². The minimum Gasteiger partial charge on any atom is -0.336 e. The molecule has 0 bridgehead atoms. The van der Waals surface area contributed by atoms with Crippen molar-refractivity contribution in [3.05, 3.63) is 0 Å². The standard InChI is InChI=1S/C9H19N3O3S.ClH/c1-7-8(2)12(5-4-11-7)9(13)6-16(14,15)10-3;/h7-8,10-11H,4-6H2,1-3H3;1H. The lowest BCUT2D eigenvalue weighted by Gasteiger charge is -2.38. The highest BCUT2D eigenvalue weighted by molar-refractivity contribution is 7.90. The average Bonchev–Trinajstić information content (AvgIpc) is 2.21. The molecule has 17 heavy (non-hydrogen) atoms. The van der Waals surface area contributed by atoms with Crippen molar-refractivity contribution in [3.63, 3.8) is 0 Å². The molecule has 6 nitrogen and oxygen atoms in total. The minimum absolute atomic E-state index is 0. The summed E-state index contributed by atoms with van der Waals surface area (Å²) in [5.74, 6) is -0.809. The minimum atomic E-state index is -3.47. The summed E-state index contributed by atoms with van der Waals surface area (Å²) in [7, 11) is -2.16. The molecule has 2 N–H and O–H groups in total. The van der Waals surface area contributed by atoms with E-state index in [4.69, 9.17) is 0 Å². The highest BCUT2D eigenvalue weighted by Gasteiger charge is 2.30. The van der Waals surface area contributed by atoms with Gasteiger partial charge in [-0.15, -0.1) is 12.4 Å². The van der Waals surface area contributed by atoms with Crippen molar-refractivity contribution < 1.29 is 13.2 Å². The van der Waals surface area contributed by atoms with Crippen molar-refractivity contribution in [3.8, 4) is 0 Å². The van der Waals surface area contributed by atoms with Crippen LogP contribution in [0.2, 0.25) is 0 Å². The van der Waals surface area contributed by atoms with Crippen LogP contribution in [0, 0.1) is 0 Å². The van der Waals surface area contributed by atoms with Crippen molar-refractivity contribution in [2.45, 2.75) is 25.9 Å². The predicted molar refractivity (Wildman–Crippen MR) is 68.7 cm³/mol. The second-order valence-electron chi connectivity index (χ2n) is 4.03. The highest BCUT2D eigenvalue weighted by Crippen LogP contribution is 2.09.